The highest BCUT2D eigenvalue weighted by Gasteiger charge is 2.53. The van der Waals surface area contributed by atoms with Crippen molar-refractivity contribution in [2.24, 2.45) is 5.41 Å². The van der Waals surface area contributed by atoms with Gasteiger partial charge in [0.1, 0.15) is 11.5 Å². The number of benzene rings is 1. The van der Waals surface area contributed by atoms with Crippen molar-refractivity contribution in [1.29, 1.82) is 0 Å². The molecule has 0 aromatic heterocycles. The van der Waals surface area contributed by atoms with Crippen LogP contribution in [0.25, 0.3) is 0 Å². The van der Waals surface area contributed by atoms with Gasteiger partial charge in [0.2, 0.25) is 0 Å². The molecule has 1 aromatic carbocycles. The molecule has 0 saturated carbocycles. The molecule has 18 heavy (non-hydrogen) atoms. The molecule has 0 radical (unpaired) electrons. The Morgan fingerprint density at radius 2 is 2.17 bits per heavy atom. The van der Waals surface area contributed by atoms with Crippen molar-refractivity contribution < 1.29 is 14.6 Å². The molecule has 3 nitrogen and oxygen atoms in total. The summed E-state index contributed by atoms with van der Waals surface area (Å²) < 4.78 is 5.15. The third-order valence-corrected chi connectivity index (χ3v) is 3.62. The molecule has 96 valence electrons. The molecule has 1 heterocycles. The molecule has 0 spiro atoms. The quantitative estimate of drug-likeness (QED) is 0.641. The predicted molar refractivity (Wildman–Crippen MR) is 68.8 cm³/mol. The smallest absolute Gasteiger partial charge is 0.316 e. The maximum Gasteiger partial charge on any atom is 0.316 e. The summed E-state index contributed by atoms with van der Waals surface area (Å²) in [5.41, 5.74) is 0.318. The lowest BCUT2D eigenvalue weighted by molar-refractivity contribution is -0.207. The highest BCUT2D eigenvalue weighted by molar-refractivity contribution is 5.82. The van der Waals surface area contributed by atoms with Gasteiger partial charge in [-0.15, -0.1) is 6.58 Å². The average molecular weight is 246 g/mol. The van der Waals surface area contributed by atoms with Crippen LogP contribution in [-0.4, -0.2) is 17.2 Å². The molecule has 2 rings (SSSR count). The number of ether oxygens (including phenoxy) is 1. The fourth-order valence-corrected chi connectivity index (χ4v) is 2.30. The Kier molecular flexibility index (Phi) is 3.53. The van der Waals surface area contributed by atoms with Gasteiger partial charge in [0.25, 0.3) is 0 Å². The predicted octanol–water partition coefficient (Wildman–Crippen LogP) is 2.62. The Morgan fingerprint density at radius 3 is 2.72 bits per heavy atom. The molecular formula is C15H18O3. The van der Waals surface area contributed by atoms with Crippen molar-refractivity contribution >= 4 is 5.97 Å². The highest BCUT2D eigenvalue weighted by Crippen LogP contribution is 2.43. The van der Waals surface area contributed by atoms with Gasteiger partial charge >= 0.3 is 5.97 Å². The van der Waals surface area contributed by atoms with E-state index in [0.29, 0.717) is 12.8 Å². The number of cyclic esters (lactones) is 1. The second-order valence-corrected chi connectivity index (χ2v) is 4.97. The first-order valence-corrected chi connectivity index (χ1v) is 6.13. The summed E-state index contributed by atoms with van der Waals surface area (Å²) in [6.45, 7) is 5.53. The second-order valence-electron chi connectivity index (χ2n) is 4.97. The Hall–Kier alpha value is -1.61. The van der Waals surface area contributed by atoms with Crippen molar-refractivity contribution in [2.75, 3.05) is 0 Å². The van der Waals surface area contributed by atoms with Crippen LogP contribution >= 0.6 is 0 Å². The van der Waals surface area contributed by atoms with Crippen molar-refractivity contribution in [1.82, 2.24) is 0 Å². The number of carbonyl (C=O) groups is 1. The summed E-state index contributed by atoms with van der Waals surface area (Å²) in [5.74, 6) is -0.201. The summed E-state index contributed by atoms with van der Waals surface area (Å²) in [4.78, 5) is 11.5. The van der Waals surface area contributed by atoms with E-state index >= 15 is 0 Å². The van der Waals surface area contributed by atoms with E-state index in [1.807, 2.05) is 37.3 Å². The van der Waals surface area contributed by atoms with Crippen molar-refractivity contribution in [3.8, 4) is 0 Å². The fourth-order valence-electron chi connectivity index (χ4n) is 2.30. The van der Waals surface area contributed by atoms with E-state index in [2.05, 4.69) is 6.58 Å². The molecule has 1 fully saturated rings. The van der Waals surface area contributed by atoms with Crippen LogP contribution in [0.2, 0.25) is 0 Å². The van der Waals surface area contributed by atoms with Crippen LogP contribution in [0.1, 0.15) is 31.4 Å². The SMILES string of the molecule is C=CC[C@]1(C)C(=O)O[C@@H]1C[C@@H](O)c1ccccc1. The van der Waals surface area contributed by atoms with E-state index in [0.717, 1.165) is 5.56 Å². The zero-order chi connectivity index (χ0) is 13.2. The largest absolute Gasteiger partial charge is 0.461 e. The molecule has 1 saturated heterocycles. The third-order valence-electron chi connectivity index (χ3n) is 3.62. The molecule has 3 heteroatoms. The summed E-state index contributed by atoms with van der Waals surface area (Å²) in [6.07, 6.45) is 1.90. The Balaban J connectivity index is 2.02. The second kappa shape index (κ2) is 4.94. The van der Waals surface area contributed by atoms with Gasteiger partial charge in [-0.3, -0.25) is 4.79 Å². The number of aliphatic hydroxyl groups is 1. The molecular weight excluding hydrogens is 228 g/mol. The Bertz CT molecular complexity index is 440. The first-order valence-electron chi connectivity index (χ1n) is 6.13. The third kappa shape index (κ3) is 2.18. The molecule has 0 amide bonds. The summed E-state index contributed by atoms with van der Waals surface area (Å²) >= 11 is 0. The number of esters is 1. The van der Waals surface area contributed by atoms with Crippen LogP contribution in [0.3, 0.4) is 0 Å². The maximum atomic E-state index is 11.5. The zero-order valence-electron chi connectivity index (χ0n) is 10.5. The van der Waals surface area contributed by atoms with Gasteiger partial charge in [0.05, 0.1) is 6.10 Å². The number of carbonyl (C=O) groups excluding carboxylic acids is 1. The lowest BCUT2D eigenvalue weighted by Crippen LogP contribution is -2.54. The molecule has 1 aromatic rings. The number of hydrogen-bond donors (Lipinski definition) is 1. The van der Waals surface area contributed by atoms with Gasteiger partial charge in [0, 0.05) is 6.42 Å². The zero-order valence-corrected chi connectivity index (χ0v) is 10.5. The minimum absolute atomic E-state index is 0.201. The lowest BCUT2D eigenvalue weighted by Gasteiger charge is -2.44. The minimum Gasteiger partial charge on any atom is -0.461 e. The van der Waals surface area contributed by atoms with Gasteiger partial charge in [-0.25, -0.2) is 0 Å². The van der Waals surface area contributed by atoms with Crippen molar-refractivity contribution in [3.05, 3.63) is 48.6 Å². The molecule has 0 unspecified atom stereocenters. The highest BCUT2D eigenvalue weighted by atomic mass is 16.6. The van der Waals surface area contributed by atoms with E-state index in [4.69, 9.17) is 4.74 Å². The fraction of sp³-hybridized carbons (Fsp3) is 0.400. The molecule has 0 bridgehead atoms. The minimum atomic E-state index is -0.603. The molecule has 0 aliphatic carbocycles. The van der Waals surface area contributed by atoms with Crippen LogP contribution in [0.4, 0.5) is 0 Å². The summed E-state index contributed by atoms with van der Waals surface area (Å²) in [5, 5.41) is 10.1. The first-order chi connectivity index (χ1) is 8.58. The standard InChI is InChI=1S/C15H18O3/c1-3-9-15(2)13(18-14(15)17)10-12(16)11-7-5-4-6-8-11/h3-8,12-13,16H,1,9-10H2,2H3/t12-,13-,15+/m1/s1. The number of allylic oxidation sites excluding steroid dienone is 1. The van der Waals surface area contributed by atoms with Gasteiger partial charge in [-0.1, -0.05) is 36.4 Å². The van der Waals surface area contributed by atoms with E-state index < -0.39 is 11.5 Å². The van der Waals surface area contributed by atoms with Crippen LogP contribution in [-0.2, 0) is 9.53 Å². The Morgan fingerprint density at radius 1 is 1.50 bits per heavy atom. The summed E-state index contributed by atoms with van der Waals surface area (Å²) in [7, 11) is 0. The molecule has 3 atom stereocenters. The normalized spacial score (nSPS) is 28.1. The molecule has 1 aliphatic heterocycles. The number of hydrogen-bond acceptors (Lipinski definition) is 3. The van der Waals surface area contributed by atoms with Crippen LogP contribution in [0.5, 0.6) is 0 Å². The van der Waals surface area contributed by atoms with Crippen LogP contribution < -0.4 is 0 Å². The van der Waals surface area contributed by atoms with E-state index in [-0.39, 0.29) is 12.1 Å². The van der Waals surface area contributed by atoms with Gasteiger partial charge < -0.3 is 9.84 Å². The van der Waals surface area contributed by atoms with Gasteiger partial charge in [-0.05, 0) is 18.9 Å². The van der Waals surface area contributed by atoms with Crippen LogP contribution in [0.15, 0.2) is 43.0 Å². The number of aliphatic hydroxyl groups excluding tert-OH is 1. The maximum absolute atomic E-state index is 11.5. The Labute approximate surface area is 107 Å². The lowest BCUT2D eigenvalue weighted by atomic mass is 9.74. The molecule has 1 aliphatic rings. The van der Waals surface area contributed by atoms with Gasteiger partial charge in [-0.2, -0.15) is 0 Å². The van der Waals surface area contributed by atoms with Crippen LogP contribution in [0, 0.1) is 5.41 Å². The summed E-state index contributed by atoms with van der Waals surface area (Å²) in [6, 6.07) is 9.41. The van der Waals surface area contributed by atoms with Gasteiger partial charge in [0.15, 0.2) is 0 Å². The topological polar surface area (TPSA) is 46.5 Å². The van der Waals surface area contributed by atoms with E-state index in [1.54, 1.807) is 6.08 Å². The first kappa shape index (κ1) is 12.8. The average Bonchev–Trinajstić information content (AvgIpc) is 2.39. The molecule has 1 N–H and O–H groups in total. The number of rotatable bonds is 5. The van der Waals surface area contributed by atoms with Crippen molar-refractivity contribution in [3.63, 3.8) is 0 Å². The van der Waals surface area contributed by atoms with Crippen molar-refractivity contribution in [2.45, 2.75) is 32.0 Å². The monoisotopic (exact) mass is 246 g/mol. The van der Waals surface area contributed by atoms with E-state index in [1.165, 1.54) is 0 Å². The van der Waals surface area contributed by atoms with E-state index in [9.17, 15) is 9.90 Å².